The van der Waals surface area contributed by atoms with Gasteiger partial charge in [-0.1, -0.05) is 128 Å². The van der Waals surface area contributed by atoms with Gasteiger partial charge in [-0.25, -0.2) is 38.3 Å². The van der Waals surface area contributed by atoms with Gasteiger partial charge < -0.3 is 26.5 Å². The lowest BCUT2D eigenvalue weighted by Crippen LogP contribution is -1.96. The molecule has 1 aliphatic heterocycles. The average molecular weight is 1090 g/mol. The summed E-state index contributed by atoms with van der Waals surface area (Å²) in [7, 11) is -3.60. The summed E-state index contributed by atoms with van der Waals surface area (Å²) in [5.41, 5.74) is 15.6. The zero-order chi connectivity index (χ0) is 58.7. The molecule has 0 unspecified atom stereocenters. The van der Waals surface area contributed by atoms with E-state index in [1.165, 1.54) is 28.7 Å². The number of benzene rings is 6. The van der Waals surface area contributed by atoms with Crippen LogP contribution in [0, 0.1) is 41.5 Å². The van der Waals surface area contributed by atoms with Crippen LogP contribution in [-0.2, 0) is 16.3 Å². The molecule has 14 rings (SSSR count). The lowest BCUT2D eigenvalue weighted by atomic mass is 10.0. The van der Waals surface area contributed by atoms with E-state index in [4.69, 9.17) is 26.5 Å². The molecule has 79 heavy (non-hydrogen) atoms. The smallest absolute Gasteiger partial charge is 0.208 e. The molecule has 0 spiro atoms. The molecular weight excluding hydrogens is 1010 g/mol. The Bertz CT molecular complexity index is 3650. The van der Waals surface area contributed by atoms with Gasteiger partial charge in [0.1, 0.15) is 33.1 Å². The molecule has 0 N–H and O–H groups in total. The fourth-order valence-corrected chi connectivity index (χ4v) is 10.0. The monoisotopic (exact) mass is 1090 g/mol. The van der Waals surface area contributed by atoms with Crippen molar-refractivity contribution in [1.29, 1.82) is 0 Å². The van der Waals surface area contributed by atoms with E-state index in [2.05, 4.69) is 68.0 Å². The highest BCUT2D eigenvalue weighted by molar-refractivity contribution is 7.92. The summed E-state index contributed by atoms with van der Waals surface area (Å²) in [4.78, 5) is 26.2. The van der Waals surface area contributed by atoms with Crippen molar-refractivity contribution < 1.29 is 34.9 Å². The Morgan fingerprint density at radius 3 is 0.873 bits per heavy atom. The van der Waals surface area contributed by atoms with Gasteiger partial charge in [0, 0.05) is 64.8 Å². The number of aryl methyl sites for hydroxylation is 6. The highest BCUT2D eigenvalue weighted by atomic mass is 32.2. The van der Waals surface area contributed by atoms with Crippen LogP contribution in [0.4, 0.5) is 0 Å². The molecule has 0 amide bonds. The van der Waals surface area contributed by atoms with Crippen LogP contribution < -0.4 is 0 Å². The number of hydrogen-bond donors (Lipinski definition) is 0. The third kappa shape index (κ3) is 14.4. The van der Waals surface area contributed by atoms with Gasteiger partial charge >= 0.3 is 0 Å². The van der Waals surface area contributed by atoms with Gasteiger partial charge in [-0.2, -0.15) is 0 Å². The first kappa shape index (κ1) is 63.6. The van der Waals surface area contributed by atoms with Crippen LogP contribution in [0.5, 0.6) is 0 Å². The van der Waals surface area contributed by atoms with Crippen LogP contribution in [0.15, 0.2) is 133 Å². The van der Waals surface area contributed by atoms with Gasteiger partial charge in [-0.05, 0) is 89.3 Å². The topological polar surface area (TPSA) is 190 Å². The average Bonchev–Trinajstić information content (AvgIpc) is 4.49. The van der Waals surface area contributed by atoms with Crippen LogP contribution in [0.3, 0.4) is 0 Å². The summed E-state index contributed by atoms with van der Waals surface area (Å²) in [6.07, 6.45) is 2.15. The SMILES string of the molecule is CC.CC.CC.CC.CC.CC.CCC.Cc1nc2cc3c(cc2o1)Cc1cc2oc(C)nc2cc1-3.Cc1nc2cc3c(cc2o1)S(=O)(=O)c1cc2oc(C)nc2cc1-3.Cc1nc2ccccc2o1.Cc1nc2ccccc2o1. The molecule has 2 aliphatic rings. The van der Waals surface area contributed by atoms with Crippen molar-refractivity contribution in [1.82, 2.24) is 29.9 Å². The zero-order valence-corrected chi connectivity index (χ0v) is 50.8. The first-order valence-corrected chi connectivity index (χ1v) is 29.3. The molecular formula is C64H80N6O8S. The molecule has 0 saturated carbocycles. The molecule has 0 bridgehead atoms. The van der Waals surface area contributed by atoms with Crippen LogP contribution in [0.25, 0.3) is 88.9 Å². The number of para-hydroxylation sites is 4. The molecule has 7 heterocycles. The summed E-state index contributed by atoms with van der Waals surface area (Å²) in [6, 6.07) is 30.5. The van der Waals surface area contributed by atoms with E-state index in [0.29, 0.717) is 56.9 Å². The number of oxazole rings is 6. The van der Waals surface area contributed by atoms with Gasteiger partial charge in [0.05, 0.1) is 9.79 Å². The molecule has 6 aromatic heterocycles. The Hall–Kier alpha value is -7.91. The van der Waals surface area contributed by atoms with Crippen LogP contribution in [-0.4, -0.2) is 38.3 Å². The summed E-state index contributed by atoms with van der Waals surface area (Å²) >= 11 is 0. The van der Waals surface area contributed by atoms with Gasteiger partial charge in [0.2, 0.25) is 9.84 Å². The maximum Gasteiger partial charge on any atom is 0.208 e. The zero-order valence-electron chi connectivity index (χ0n) is 50.0. The molecule has 15 heteroatoms. The van der Waals surface area contributed by atoms with Crippen molar-refractivity contribution in [2.24, 2.45) is 0 Å². The molecule has 0 radical (unpaired) electrons. The maximum atomic E-state index is 12.9. The van der Waals surface area contributed by atoms with Crippen molar-refractivity contribution in [3.05, 3.63) is 144 Å². The number of sulfone groups is 1. The third-order valence-corrected chi connectivity index (χ3v) is 12.8. The molecule has 0 fully saturated rings. The minimum Gasteiger partial charge on any atom is -0.441 e. The van der Waals surface area contributed by atoms with Crippen molar-refractivity contribution >= 4 is 76.4 Å². The molecule has 0 saturated heterocycles. The van der Waals surface area contributed by atoms with E-state index in [1.807, 2.05) is 159 Å². The minimum atomic E-state index is -3.60. The van der Waals surface area contributed by atoms with Crippen molar-refractivity contribution in [2.45, 2.75) is 161 Å². The highest BCUT2D eigenvalue weighted by Crippen LogP contribution is 2.46. The quantitative estimate of drug-likeness (QED) is 0.139. The van der Waals surface area contributed by atoms with E-state index >= 15 is 0 Å². The standard InChI is InChI=1S/C17H12N2O2.C16H10N2O4S.2C8H7NO.C3H8.6C2H6/c1-8-18-14-6-12-10(4-16(14)20-8)3-11-5-17-15(7-13(11)12)19-9(2)21-17;1-7-17-11-3-9-10-4-12-14(22-8(2)18-12)6-16(10)23(19,20)15(9)5-13(11)21-7;2*1-6-9-7-4-2-3-5-8(7)10-6;1-3-2;6*1-2/h4-7H,3H2,1-2H3;3-6H,1-2H3;2*2-5H,1H3;3H2,1-2H3;6*1-2H3. The van der Waals surface area contributed by atoms with E-state index < -0.39 is 9.84 Å². The number of hydrogen-bond acceptors (Lipinski definition) is 14. The normalized spacial score (nSPS) is 11.2. The first-order valence-electron chi connectivity index (χ1n) is 27.8. The Kier molecular flexibility index (Phi) is 23.9. The van der Waals surface area contributed by atoms with Crippen LogP contribution in [0.1, 0.15) is 150 Å². The lowest BCUT2D eigenvalue weighted by molar-refractivity contribution is 0.559. The fraction of sp³-hybridized carbons (Fsp3) is 0.344. The Morgan fingerprint density at radius 2 is 0.582 bits per heavy atom. The summed E-state index contributed by atoms with van der Waals surface area (Å²) in [5, 5.41) is 0. The van der Waals surface area contributed by atoms with Crippen molar-refractivity contribution in [3.8, 4) is 22.3 Å². The first-order chi connectivity index (χ1) is 38.2. The molecule has 14 nitrogen and oxygen atoms in total. The summed E-state index contributed by atoms with van der Waals surface area (Å²) < 4.78 is 58.4. The Balaban J connectivity index is 0.000000219. The van der Waals surface area contributed by atoms with E-state index in [-0.39, 0.29) is 9.79 Å². The van der Waals surface area contributed by atoms with E-state index in [1.54, 1.807) is 38.1 Å². The number of nitrogens with zero attached hydrogens (tertiary/aromatic N) is 6. The third-order valence-electron chi connectivity index (χ3n) is 11.0. The van der Waals surface area contributed by atoms with E-state index in [0.717, 1.165) is 62.6 Å². The Labute approximate surface area is 466 Å². The number of aromatic nitrogens is 6. The van der Waals surface area contributed by atoms with Gasteiger partial charge in [0.15, 0.2) is 68.8 Å². The van der Waals surface area contributed by atoms with Gasteiger partial charge in [0.25, 0.3) is 0 Å². The maximum absolute atomic E-state index is 12.9. The van der Waals surface area contributed by atoms with Crippen LogP contribution in [0.2, 0.25) is 0 Å². The largest absolute Gasteiger partial charge is 0.441 e. The fourth-order valence-electron chi connectivity index (χ4n) is 8.36. The molecule has 420 valence electrons. The van der Waals surface area contributed by atoms with Gasteiger partial charge in [-0.3, -0.25) is 0 Å². The minimum absolute atomic E-state index is 0.237. The second kappa shape index (κ2) is 29.7. The van der Waals surface area contributed by atoms with E-state index in [9.17, 15) is 8.42 Å². The second-order valence-corrected chi connectivity index (χ2v) is 18.2. The molecule has 0 atom stereocenters. The van der Waals surface area contributed by atoms with Gasteiger partial charge in [-0.15, -0.1) is 0 Å². The second-order valence-electron chi connectivity index (χ2n) is 16.3. The van der Waals surface area contributed by atoms with Crippen molar-refractivity contribution in [2.75, 3.05) is 0 Å². The number of fused-ring (bicyclic) bond motifs is 12. The summed E-state index contributed by atoms with van der Waals surface area (Å²) in [6.45, 7) is 39.2. The predicted molar refractivity (Wildman–Crippen MR) is 323 cm³/mol. The molecule has 1 aliphatic carbocycles. The number of rotatable bonds is 0. The molecule has 12 aromatic rings. The van der Waals surface area contributed by atoms with Crippen molar-refractivity contribution in [3.63, 3.8) is 0 Å². The highest BCUT2D eigenvalue weighted by Gasteiger charge is 2.35. The lowest BCUT2D eigenvalue weighted by Gasteiger charge is -2.00. The van der Waals surface area contributed by atoms with Crippen LogP contribution >= 0.6 is 0 Å². The predicted octanol–water partition coefficient (Wildman–Crippen LogP) is 19.4. The molecule has 6 aromatic carbocycles. The Morgan fingerprint density at radius 1 is 0.342 bits per heavy atom. The summed E-state index contributed by atoms with van der Waals surface area (Å²) in [5.74, 6) is 3.86.